The Kier molecular flexibility index (Phi) is 5.85. The fraction of sp³-hybridized carbons (Fsp3) is 0.588. The number of carbonyl (C=O) groups is 1. The van der Waals surface area contributed by atoms with Crippen LogP contribution in [0.4, 0.5) is 0 Å². The Labute approximate surface area is 136 Å². The van der Waals surface area contributed by atoms with Crippen molar-refractivity contribution < 1.29 is 28.8 Å². The van der Waals surface area contributed by atoms with E-state index in [-0.39, 0.29) is 12.0 Å². The minimum atomic E-state index is -1.53. The van der Waals surface area contributed by atoms with Gasteiger partial charge in [-0.05, 0) is 44.0 Å². The number of ether oxygens (including phenoxy) is 4. The Morgan fingerprint density at radius 3 is 2.57 bits per heavy atom. The Bertz CT molecular complexity index is 514. The predicted molar refractivity (Wildman–Crippen MR) is 83.8 cm³/mol. The van der Waals surface area contributed by atoms with Gasteiger partial charge in [0.2, 0.25) is 0 Å². The largest absolute Gasteiger partial charge is 0.497 e. The van der Waals surface area contributed by atoms with Crippen LogP contribution in [0.2, 0.25) is 0 Å². The van der Waals surface area contributed by atoms with Crippen LogP contribution in [0.15, 0.2) is 24.3 Å². The van der Waals surface area contributed by atoms with Gasteiger partial charge >= 0.3 is 5.97 Å². The van der Waals surface area contributed by atoms with Gasteiger partial charge in [0, 0.05) is 12.8 Å². The summed E-state index contributed by atoms with van der Waals surface area (Å²) in [6, 6.07) is 7.44. The first-order chi connectivity index (χ1) is 10.9. The van der Waals surface area contributed by atoms with Gasteiger partial charge in [-0.1, -0.05) is 0 Å². The highest BCUT2D eigenvalue weighted by Gasteiger charge is 2.43. The summed E-state index contributed by atoms with van der Waals surface area (Å²) in [5, 5.41) is 9.10. The molecule has 0 aromatic heterocycles. The van der Waals surface area contributed by atoms with Crippen molar-refractivity contribution in [2.45, 2.75) is 38.6 Å². The first-order valence-corrected chi connectivity index (χ1v) is 7.76. The van der Waals surface area contributed by atoms with Crippen LogP contribution in [0.3, 0.4) is 0 Å². The Morgan fingerprint density at radius 1 is 1.35 bits per heavy atom. The van der Waals surface area contributed by atoms with Crippen LogP contribution in [0, 0.1) is 5.92 Å². The number of aliphatic carboxylic acids is 1. The van der Waals surface area contributed by atoms with Crippen LogP contribution < -0.4 is 9.47 Å². The van der Waals surface area contributed by atoms with Crippen LogP contribution in [0.25, 0.3) is 0 Å². The third-order valence-electron chi connectivity index (χ3n) is 4.08. The Hall–Kier alpha value is -1.79. The quantitative estimate of drug-likeness (QED) is 0.777. The van der Waals surface area contributed by atoms with E-state index in [0.29, 0.717) is 13.2 Å². The molecule has 1 N–H and O–H groups in total. The van der Waals surface area contributed by atoms with E-state index >= 15 is 0 Å². The Balaban J connectivity index is 1.71. The van der Waals surface area contributed by atoms with Crippen molar-refractivity contribution in [2.75, 3.05) is 20.3 Å². The SMILES string of the molecule is COc1ccc(OCCCC2COC(C)(C(=O)O)OC2C)cc1. The van der Waals surface area contributed by atoms with Crippen LogP contribution in [-0.2, 0) is 14.3 Å². The standard InChI is InChI=1S/C17H24O6/c1-12-13(11-22-17(2,23-12)16(18)19)5-4-10-21-15-8-6-14(20-3)7-9-15/h6-9,12-13H,4-5,10-11H2,1-3H3,(H,18,19). The second kappa shape index (κ2) is 7.66. The summed E-state index contributed by atoms with van der Waals surface area (Å²) in [6.07, 6.45) is 1.54. The normalized spacial score (nSPS) is 27.4. The summed E-state index contributed by atoms with van der Waals surface area (Å²) in [5.74, 6) is -0.861. The minimum absolute atomic E-state index is 0.161. The number of rotatable bonds is 7. The van der Waals surface area contributed by atoms with Gasteiger partial charge in [0.05, 0.1) is 26.4 Å². The predicted octanol–water partition coefficient (Wildman–Crippen LogP) is 2.71. The molecule has 1 aliphatic heterocycles. The lowest BCUT2D eigenvalue weighted by molar-refractivity contribution is -0.292. The molecule has 0 saturated carbocycles. The molecular weight excluding hydrogens is 300 g/mol. The van der Waals surface area contributed by atoms with E-state index in [1.165, 1.54) is 6.92 Å². The number of benzene rings is 1. The zero-order valence-electron chi connectivity index (χ0n) is 13.8. The Morgan fingerprint density at radius 2 is 2.00 bits per heavy atom. The molecule has 1 aliphatic rings. The van der Waals surface area contributed by atoms with E-state index in [4.69, 9.17) is 24.1 Å². The lowest BCUT2D eigenvalue weighted by Crippen LogP contribution is -2.51. The molecule has 128 valence electrons. The molecule has 0 radical (unpaired) electrons. The maximum absolute atomic E-state index is 11.1. The topological polar surface area (TPSA) is 74.2 Å². The van der Waals surface area contributed by atoms with Crippen molar-refractivity contribution in [2.24, 2.45) is 5.92 Å². The summed E-state index contributed by atoms with van der Waals surface area (Å²) < 4.78 is 21.7. The molecule has 3 unspecified atom stereocenters. The summed E-state index contributed by atoms with van der Waals surface area (Å²) in [7, 11) is 1.63. The van der Waals surface area contributed by atoms with E-state index in [1.807, 2.05) is 31.2 Å². The third kappa shape index (κ3) is 4.59. The molecule has 6 nitrogen and oxygen atoms in total. The number of hydrogen-bond acceptors (Lipinski definition) is 5. The molecule has 1 fully saturated rings. The van der Waals surface area contributed by atoms with Gasteiger partial charge in [-0.3, -0.25) is 0 Å². The van der Waals surface area contributed by atoms with Crippen molar-refractivity contribution in [3.8, 4) is 11.5 Å². The maximum atomic E-state index is 11.1. The smallest absolute Gasteiger partial charge is 0.364 e. The highest BCUT2D eigenvalue weighted by Crippen LogP contribution is 2.29. The number of carboxylic acid groups (broad SMARTS) is 1. The van der Waals surface area contributed by atoms with Crippen molar-refractivity contribution in [3.63, 3.8) is 0 Å². The van der Waals surface area contributed by atoms with Gasteiger partial charge in [0.25, 0.3) is 5.79 Å². The summed E-state index contributed by atoms with van der Waals surface area (Å²) >= 11 is 0. The summed E-state index contributed by atoms with van der Waals surface area (Å²) in [4.78, 5) is 11.1. The monoisotopic (exact) mass is 324 g/mol. The van der Waals surface area contributed by atoms with Crippen LogP contribution in [0.1, 0.15) is 26.7 Å². The second-order valence-corrected chi connectivity index (χ2v) is 5.81. The van der Waals surface area contributed by atoms with Gasteiger partial charge in [0.15, 0.2) is 0 Å². The van der Waals surface area contributed by atoms with Crippen molar-refractivity contribution >= 4 is 5.97 Å². The van der Waals surface area contributed by atoms with Gasteiger partial charge in [-0.2, -0.15) is 0 Å². The highest BCUT2D eigenvalue weighted by molar-refractivity contribution is 5.75. The van der Waals surface area contributed by atoms with Gasteiger partial charge in [-0.25, -0.2) is 4.79 Å². The van der Waals surface area contributed by atoms with Crippen LogP contribution in [0.5, 0.6) is 11.5 Å². The average Bonchev–Trinajstić information content (AvgIpc) is 2.53. The van der Waals surface area contributed by atoms with Crippen molar-refractivity contribution in [3.05, 3.63) is 24.3 Å². The summed E-state index contributed by atoms with van der Waals surface area (Å²) in [5.41, 5.74) is 0. The fourth-order valence-electron chi connectivity index (χ4n) is 2.52. The molecule has 6 heteroatoms. The van der Waals surface area contributed by atoms with E-state index in [1.54, 1.807) is 7.11 Å². The molecule has 1 aromatic rings. The molecule has 23 heavy (non-hydrogen) atoms. The first kappa shape index (κ1) is 17.6. The lowest BCUT2D eigenvalue weighted by Gasteiger charge is -2.39. The molecule has 0 amide bonds. The molecule has 1 aromatic carbocycles. The number of methoxy groups -OCH3 is 1. The molecule has 1 saturated heterocycles. The van der Waals surface area contributed by atoms with Crippen molar-refractivity contribution in [1.29, 1.82) is 0 Å². The zero-order valence-corrected chi connectivity index (χ0v) is 13.8. The molecular formula is C17H24O6. The average molecular weight is 324 g/mol. The molecule has 0 bridgehead atoms. The maximum Gasteiger partial charge on any atom is 0.364 e. The molecule has 1 heterocycles. The number of carboxylic acids is 1. The molecule has 0 aliphatic carbocycles. The second-order valence-electron chi connectivity index (χ2n) is 5.81. The van der Waals surface area contributed by atoms with Crippen molar-refractivity contribution in [1.82, 2.24) is 0 Å². The van der Waals surface area contributed by atoms with Crippen LogP contribution >= 0.6 is 0 Å². The van der Waals surface area contributed by atoms with E-state index in [9.17, 15) is 4.79 Å². The van der Waals surface area contributed by atoms with E-state index in [2.05, 4.69) is 0 Å². The molecule has 3 atom stereocenters. The van der Waals surface area contributed by atoms with Gasteiger partial charge < -0.3 is 24.1 Å². The zero-order chi connectivity index (χ0) is 16.9. The lowest BCUT2D eigenvalue weighted by atomic mass is 9.97. The third-order valence-corrected chi connectivity index (χ3v) is 4.08. The molecule has 2 rings (SSSR count). The number of hydrogen-bond donors (Lipinski definition) is 1. The van der Waals surface area contributed by atoms with Gasteiger partial charge in [-0.15, -0.1) is 0 Å². The summed E-state index contributed by atoms with van der Waals surface area (Å²) in [6.45, 7) is 4.30. The van der Waals surface area contributed by atoms with E-state index < -0.39 is 11.8 Å². The van der Waals surface area contributed by atoms with E-state index in [0.717, 1.165) is 24.3 Å². The minimum Gasteiger partial charge on any atom is -0.497 e. The molecule has 0 spiro atoms. The van der Waals surface area contributed by atoms with Crippen LogP contribution in [-0.4, -0.2) is 43.3 Å². The van der Waals surface area contributed by atoms with Gasteiger partial charge in [0.1, 0.15) is 11.5 Å². The fourth-order valence-corrected chi connectivity index (χ4v) is 2.52. The highest BCUT2D eigenvalue weighted by atomic mass is 16.7. The first-order valence-electron chi connectivity index (χ1n) is 7.76.